The van der Waals surface area contributed by atoms with Gasteiger partial charge in [-0.3, -0.25) is 0 Å². The summed E-state index contributed by atoms with van der Waals surface area (Å²) >= 11 is -2.16. The third-order valence-corrected chi connectivity index (χ3v) is 4.21. The molecule has 0 radical (unpaired) electrons. The number of carbonyl (C=O) groups excluding carboxylic acids is 2. The fourth-order valence-corrected chi connectivity index (χ4v) is 3.41. The molecule has 0 unspecified atom stereocenters. The van der Waals surface area contributed by atoms with Gasteiger partial charge in [0.15, 0.2) is 0 Å². The number of rotatable bonds is 5. The SMILES string of the molecule is CC(C)OC(=O)c1ccc(C(=O)OC(C)C)c([CH]=[Ru]([Cl])[Cl])c1. The molecule has 0 fully saturated rings. The zero-order chi connectivity index (χ0) is 16.9. The van der Waals surface area contributed by atoms with E-state index in [4.69, 9.17) is 28.9 Å². The van der Waals surface area contributed by atoms with E-state index in [0.29, 0.717) is 16.7 Å². The molecule has 124 valence electrons. The first-order chi connectivity index (χ1) is 10.2. The van der Waals surface area contributed by atoms with Gasteiger partial charge in [-0.2, -0.15) is 0 Å². The Morgan fingerprint density at radius 2 is 1.59 bits per heavy atom. The van der Waals surface area contributed by atoms with Crippen LogP contribution in [0, 0.1) is 0 Å². The molecule has 0 aliphatic heterocycles. The number of ether oxygens (including phenoxy) is 2. The summed E-state index contributed by atoms with van der Waals surface area (Å²) in [5.41, 5.74) is 1.16. The van der Waals surface area contributed by atoms with E-state index in [9.17, 15) is 9.59 Å². The van der Waals surface area contributed by atoms with E-state index in [1.54, 1.807) is 38.4 Å². The molecular formula is C15H18Cl2O4Ru. The summed E-state index contributed by atoms with van der Waals surface area (Å²) in [7, 11) is 11.8. The van der Waals surface area contributed by atoms with Crippen LogP contribution in [0.4, 0.5) is 0 Å². The van der Waals surface area contributed by atoms with Gasteiger partial charge in [0.05, 0.1) is 0 Å². The molecule has 0 atom stereocenters. The van der Waals surface area contributed by atoms with Crippen LogP contribution in [-0.4, -0.2) is 28.8 Å². The van der Waals surface area contributed by atoms with Gasteiger partial charge < -0.3 is 0 Å². The second kappa shape index (κ2) is 8.76. The molecule has 0 aliphatic carbocycles. The maximum absolute atomic E-state index is 12.1. The molecule has 0 aliphatic rings. The molecule has 0 heterocycles. The van der Waals surface area contributed by atoms with Gasteiger partial charge in [-0.1, -0.05) is 0 Å². The van der Waals surface area contributed by atoms with Gasteiger partial charge in [0.1, 0.15) is 0 Å². The van der Waals surface area contributed by atoms with Crippen molar-refractivity contribution in [2.45, 2.75) is 39.9 Å². The molecule has 7 heteroatoms. The molecule has 4 nitrogen and oxygen atoms in total. The van der Waals surface area contributed by atoms with Crippen molar-refractivity contribution in [1.29, 1.82) is 0 Å². The number of hydrogen-bond acceptors (Lipinski definition) is 4. The molecule has 1 aromatic carbocycles. The maximum atomic E-state index is 12.1. The molecule has 0 saturated heterocycles. The summed E-state index contributed by atoms with van der Waals surface area (Å²) in [6.45, 7) is 7.05. The van der Waals surface area contributed by atoms with E-state index in [1.165, 1.54) is 12.1 Å². The van der Waals surface area contributed by atoms with Gasteiger partial charge in [-0.25, -0.2) is 0 Å². The van der Waals surface area contributed by atoms with E-state index < -0.39 is 25.5 Å². The van der Waals surface area contributed by atoms with Crippen molar-refractivity contribution in [2.24, 2.45) is 0 Å². The predicted molar refractivity (Wildman–Crippen MR) is 84.4 cm³/mol. The Kier molecular flexibility index (Phi) is 7.68. The van der Waals surface area contributed by atoms with Crippen LogP contribution in [0.25, 0.3) is 0 Å². The van der Waals surface area contributed by atoms with E-state index in [-0.39, 0.29) is 12.2 Å². The van der Waals surface area contributed by atoms with Crippen LogP contribution < -0.4 is 0 Å². The van der Waals surface area contributed by atoms with Crippen LogP contribution in [0.5, 0.6) is 0 Å². The van der Waals surface area contributed by atoms with Gasteiger partial charge in [0.2, 0.25) is 0 Å². The topological polar surface area (TPSA) is 52.6 Å². The van der Waals surface area contributed by atoms with Gasteiger partial charge in [-0.05, 0) is 0 Å². The van der Waals surface area contributed by atoms with Crippen LogP contribution in [0.3, 0.4) is 0 Å². The predicted octanol–water partition coefficient (Wildman–Crippen LogP) is 3.89. The van der Waals surface area contributed by atoms with Crippen molar-refractivity contribution in [2.75, 3.05) is 0 Å². The number of benzene rings is 1. The van der Waals surface area contributed by atoms with Gasteiger partial charge in [0.25, 0.3) is 0 Å². The number of carbonyl (C=O) groups is 2. The molecular weight excluding hydrogens is 416 g/mol. The van der Waals surface area contributed by atoms with E-state index in [1.807, 2.05) is 0 Å². The number of halogens is 2. The van der Waals surface area contributed by atoms with Crippen molar-refractivity contribution in [1.82, 2.24) is 0 Å². The minimum absolute atomic E-state index is 0.228. The van der Waals surface area contributed by atoms with Crippen LogP contribution in [-0.2, 0) is 23.0 Å². The zero-order valence-electron chi connectivity index (χ0n) is 12.7. The molecule has 0 amide bonds. The molecule has 0 N–H and O–H groups in total. The standard InChI is InChI=1S/C15H18O4.2ClH.Ru/c1-9(2)18-14(16)12-6-7-13(11(5)8-12)15(17)19-10(3)4;;;/h5-10H,1-4H3;2*1H;/q;;;+2/p-2. The quantitative estimate of drug-likeness (QED) is 0.521. The fourth-order valence-electron chi connectivity index (χ4n) is 1.60. The number of hydrogen-bond donors (Lipinski definition) is 0. The summed E-state index contributed by atoms with van der Waals surface area (Å²) in [4.78, 5) is 24.0. The summed E-state index contributed by atoms with van der Waals surface area (Å²) in [6.07, 6.45) is -0.472. The normalized spacial score (nSPS) is 11.4. The minimum atomic E-state index is -2.16. The molecule has 1 aromatic rings. The van der Waals surface area contributed by atoms with Gasteiger partial charge in [-0.15, -0.1) is 0 Å². The Hall–Kier alpha value is -0.767. The van der Waals surface area contributed by atoms with Crippen molar-refractivity contribution in [3.63, 3.8) is 0 Å². The molecule has 1 rings (SSSR count). The average molecular weight is 434 g/mol. The Morgan fingerprint density at radius 1 is 1.05 bits per heavy atom. The molecule has 0 bridgehead atoms. The van der Waals surface area contributed by atoms with Crippen LogP contribution >= 0.6 is 19.4 Å². The first-order valence-electron chi connectivity index (χ1n) is 6.60. The monoisotopic (exact) mass is 434 g/mol. The van der Waals surface area contributed by atoms with Crippen LogP contribution in [0.1, 0.15) is 54.0 Å². The second-order valence-electron chi connectivity index (χ2n) is 5.02. The van der Waals surface area contributed by atoms with Crippen molar-refractivity contribution >= 4 is 35.9 Å². The van der Waals surface area contributed by atoms with Crippen molar-refractivity contribution in [3.05, 3.63) is 34.9 Å². The van der Waals surface area contributed by atoms with Gasteiger partial charge in [0, 0.05) is 0 Å². The fraction of sp³-hybridized carbons (Fsp3) is 0.400. The van der Waals surface area contributed by atoms with E-state index in [2.05, 4.69) is 0 Å². The van der Waals surface area contributed by atoms with E-state index in [0.717, 1.165) is 0 Å². The van der Waals surface area contributed by atoms with E-state index >= 15 is 0 Å². The zero-order valence-corrected chi connectivity index (χ0v) is 16.0. The average Bonchev–Trinajstić information content (AvgIpc) is 2.36. The first kappa shape index (κ1) is 19.3. The second-order valence-corrected chi connectivity index (χ2v) is 10.7. The number of esters is 2. The third kappa shape index (κ3) is 6.15. The summed E-state index contributed by atoms with van der Waals surface area (Å²) in [5.74, 6) is -0.940. The Labute approximate surface area is 143 Å². The molecule has 22 heavy (non-hydrogen) atoms. The summed E-state index contributed by atoms with van der Waals surface area (Å²) in [5, 5.41) is 0. The molecule has 0 saturated carbocycles. The van der Waals surface area contributed by atoms with Crippen LogP contribution in [0.15, 0.2) is 18.2 Å². The summed E-state index contributed by atoms with van der Waals surface area (Å²) < 4.78 is 11.9. The Morgan fingerprint density at radius 3 is 2.09 bits per heavy atom. The molecule has 0 aromatic heterocycles. The Bertz CT molecular complexity index is 593. The van der Waals surface area contributed by atoms with Crippen molar-refractivity contribution in [3.8, 4) is 0 Å². The third-order valence-electron chi connectivity index (χ3n) is 2.38. The van der Waals surface area contributed by atoms with Crippen LogP contribution in [0.2, 0.25) is 0 Å². The van der Waals surface area contributed by atoms with Gasteiger partial charge >= 0.3 is 143 Å². The molecule has 0 spiro atoms. The Balaban J connectivity index is 3.22. The first-order valence-corrected chi connectivity index (χ1v) is 12.1. The van der Waals surface area contributed by atoms with Crippen molar-refractivity contribution < 1.29 is 32.6 Å². The summed E-state index contributed by atoms with van der Waals surface area (Å²) in [6, 6.07) is 4.60.